The number of rotatable bonds is 5. The minimum Gasteiger partial charge on any atom is -0.481 e. The minimum absolute atomic E-state index is 0.363. The van der Waals surface area contributed by atoms with Crippen molar-refractivity contribution in [1.82, 2.24) is 4.90 Å². The fourth-order valence-electron chi connectivity index (χ4n) is 4.09. The molecule has 0 aromatic heterocycles. The van der Waals surface area contributed by atoms with Gasteiger partial charge < -0.3 is 10.2 Å². The quantitative estimate of drug-likeness (QED) is 0.867. The molecule has 1 fully saturated rings. The summed E-state index contributed by atoms with van der Waals surface area (Å²) in [5.41, 5.74) is 3.50. The molecule has 0 bridgehead atoms. The molecule has 1 saturated heterocycles. The predicted octanol–water partition coefficient (Wildman–Crippen LogP) is 3.18. The minimum atomic E-state index is -1.11. The van der Waals surface area contributed by atoms with Gasteiger partial charge >= 0.3 is 5.97 Å². The predicted molar refractivity (Wildman–Crippen MR) is 102 cm³/mol. The molecule has 2 aromatic rings. The van der Waals surface area contributed by atoms with Crippen LogP contribution in [0.15, 0.2) is 48.5 Å². The van der Waals surface area contributed by atoms with Gasteiger partial charge in [0.2, 0.25) is 0 Å². The van der Waals surface area contributed by atoms with Gasteiger partial charge in [0.05, 0.1) is 6.10 Å². The van der Waals surface area contributed by atoms with Gasteiger partial charge in [-0.05, 0) is 44.4 Å². The van der Waals surface area contributed by atoms with Gasteiger partial charge in [-0.25, -0.2) is 0 Å². The van der Waals surface area contributed by atoms with Gasteiger partial charge in [0.15, 0.2) is 0 Å². The first-order valence-electron chi connectivity index (χ1n) is 9.14. The van der Waals surface area contributed by atoms with E-state index in [1.54, 1.807) is 0 Å². The molecule has 0 aliphatic carbocycles. The normalized spacial score (nSPS) is 23.7. The summed E-state index contributed by atoms with van der Waals surface area (Å²) in [6, 6.07) is 16.0. The number of β-amino-alcohol motifs (C(OH)–C–C–N with tert-alkyl or cyclic N) is 1. The lowest BCUT2D eigenvalue weighted by Gasteiger charge is -2.43. The number of benzene rings is 2. The van der Waals surface area contributed by atoms with Crippen LogP contribution in [0.5, 0.6) is 0 Å². The van der Waals surface area contributed by atoms with E-state index in [1.165, 1.54) is 16.7 Å². The molecule has 2 atom stereocenters. The van der Waals surface area contributed by atoms with Crippen LogP contribution in [0, 0.1) is 19.3 Å². The highest BCUT2D eigenvalue weighted by molar-refractivity contribution is 5.76. The number of aliphatic hydroxyl groups excluding tert-OH is 1. The number of carboxylic acid groups (broad SMARTS) is 1. The maximum absolute atomic E-state index is 12.1. The summed E-state index contributed by atoms with van der Waals surface area (Å²) in [5, 5.41) is 20.7. The summed E-state index contributed by atoms with van der Waals surface area (Å²) in [6.45, 7) is 5.95. The van der Waals surface area contributed by atoms with Crippen molar-refractivity contribution in [3.8, 4) is 0 Å². The monoisotopic (exact) mass is 353 g/mol. The first kappa shape index (κ1) is 18.6. The summed E-state index contributed by atoms with van der Waals surface area (Å²) < 4.78 is 0. The highest BCUT2D eigenvalue weighted by Crippen LogP contribution is 2.36. The highest BCUT2D eigenvalue weighted by atomic mass is 16.4. The van der Waals surface area contributed by atoms with E-state index in [1.807, 2.05) is 30.3 Å². The number of hydrogen-bond acceptors (Lipinski definition) is 3. The topological polar surface area (TPSA) is 60.8 Å². The fraction of sp³-hybridized carbons (Fsp3) is 0.409. The van der Waals surface area contributed by atoms with Crippen LogP contribution in [-0.4, -0.2) is 40.3 Å². The summed E-state index contributed by atoms with van der Waals surface area (Å²) in [7, 11) is 0. The number of carbonyl (C=O) groups is 1. The van der Waals surface area contributed by atoms with Crippen molar-refractivity contribution in [3.05, 3.63) is 70.8 Å². The number of hydrogen-bond donors (Lipinski definition) is 2. The molecule has 4 heteroatoms. The smallest absolute Gasteiger partial charge is 0.312 e. The molecule has 0 radical (unpaired) electrons. The molecule has 2 N–H and O–H groups in total. The summed E-state index contributed by atoms with van der Waals surface area (Å²) in [5.74, 6) is -0.903. The summed E-state index contributed by atoms with van der Waals surface area (Å²) >= 11 is 0. The summed E-state index contributed by atoms with van der Waals surface area (Å²) in [6.07, 6.45) is -0.0786. The second-order valence-corrected chi connectivity index (χ2v) is 7.62. The summed E-state index contributed by atoms with van der Waals surface area (Å²) in [4.78, 5) is 14.2. The fourth-order valence-corrected chi connectivity index (χ4v) is 4.09. The van der Waals surface area contributed by atoms with Crippen molar-refractivity contribution in [2.75, 3.05) is 13.1 Å². The van der Waals surface area contributed by atoms with Gasteiger partial charge in [-0.3, -0.25) is 9.69 Å². The molecule has 2 aromatic carbocycles. The van der Waals surface area contributed by atoms with E-state index in [0.717, 1.165) is 12.1 Å². The van der Waals surface area contributed by atoms with Crippen LogP contribution >= 0.6 is 0 Å². The lowest BCUT2D eigenvalue weighted by molar-refractivity contribution is -0.163. The zero-order valence-corrected chi connectivity index (χ0v) is 15.5. The van der Waals surface area contributed by atoms with Crippen LogP contribution in [-0.2, 0) is 17.8 Å². The van der Waals surface area contributed by atoms with Crippen molar-refractivity contribution in [1.29, 1.82) is 0 Å². The van der Waals surface area contributed by atoms with Crippen LogP contribution < -0.4 is 0 Å². The van der Waals surface area contributed by atoms with Gasteiger partial charge in [-0.15, -0.1) is 0 Å². The number of piperidine rings is 1. The first-order chi connectivity index (χ1) is 12.4. The maximum Gasteiger partial charge on any atom is 0.312 e. The van der Waals surface area contributed by atoms with Crippen molar-refractivity contribution >= 4 is 5.97 Å². The van der Waals surface area contributed by atoms with E-state index in [9.17, 15) is 15.0 Å². The van der Waals surface area contributed by atoms with Crippen LogP contribution in [0.25, 0.3) is 0 Å². The second kappa shape index (κ2) is 7.60. The molecule has 0 saturated carbocycles. The molecule has 26 heavy (non-hydrogen) atoms. The van der Waals surface area contributed by atoms with E-state index in [0.29, 0.717) is 25.9 Å². The Labute approximate surface area is 155 Å². The third-order valence-electron chi connectivity index (χ3n) is 5.42. The van der Waals surface area contributed by atoms with E-state index < -0.39 is 17.5 Å². The molecule has 138 valence electrons. The molecule has 0 amide bonds. The maximum atomic E-state index is 12.1. The molecule has 4 nitrogen and oxygen atoms in total. The Kier molecular flexibility index (Phi) is 5.44. The van der Waals surface area contributed by atoms with E-state index in [-0.39, 0.29) is 0 Å². The SMILES string of the molecule is Cc1cc(C)cc(CN2CC[C@](Cc3ccccc3)(C(=O)O)[C@@H](O)C2)c1. The molecular formula is C22H27NO3. The van der Waals surface area contributed by atoms with Crippen molar-refractivity contribution in [3.63, 3.8) is 0 Å². The first-order valence-corrected chi connectivity index (χ1v) is 9.14. The van der Waals surface area contributed by atoms with Gasteiger partial charge in [-0.1, -0.05) is 59.7 Å². The molecule has 1 heterocycles. The molecule has 3 rings (SSSR count). The van der Waals surface area contributed by atoms with Gasteiger partial charge in [0.1, 0.15) is 5.41 Å². The molecule has 1 aliphatic heterocycles. The third kappa shape index (κ3) is 3.97. The van der Waals surface area contributed by atoms with Crippen LogP contribution in [0.3, 0.4) is 0 Å². The van der Waals surface area contributed by atoms with E-state index in [2.05, 4.69) is 36.9 Å². The largest absolute Gasteiger partial charge is 0.481 e. The Morgan fingerprint density at radius 1 is 1.12 bits per heavy atom. The number of aliphatic carboxylic acids is 1. The average Bonchev–Trinajstić information content (AvgIpc) is 2.57. The van der Waals surface area contributed by atoms with Crippen LogP contribution in [0.2, 0.25) is 0 Å². The molecule has 0 spiro atoms. The van der Waals surface area contributed by atoms with Crippen LogP contribution in [0.4, 0.5) is 0 Å². The lowest BCUT2D eigenvalue weighted by Crippen LogP contribution is -2.55. The Morgan fingerprint density at radius 2 is 1.77 bits per heavy atom. The Balaban J connectivity index is 1.74. The average molecular weight is 353 g/mol. The van der Waals surface area contributed by atoms with Crippen LogP contribution in [0.1, 0.15) is 28.7 Å². The number of nitrogens with zero attached hydrogens (tertiary/aromatic N) is 1. The van der Waals surface area contributed by atoms with E-state index in [4.69, 9.17) is 0 Å². The number of aryl methyl sites for hydroxylation is 2. The van der Waals surface area contributed by atoms with E-state index >= 15 is 0 Å². The van der Waals surface area contributed by atoms with Gasteiger partial charge in [0, 0.05) is 13.1 Å². The Morgan fingerprint density at radius 3 is 2.35 bits per heavy atom. The lowest BCUT2D eigenvalue weighted by atomic mass is 9.71. The Bertz CT molecular complexity index is 754. The zero-order chi connectivity index (χ0) is 18.7. The second-order valence-electron chi connectivity index (χ2n) is 7.62. The zero-order valence-electron chi connectivity index (χ0n) is 15.5. The number of likely N-dealkylation sites (tertiary alicyclic amines) is 1. The van der Waals surface area contributed by atoms with Gasteiger partial charge in [0.25, 0.3) is 0 Å². The molecule has 1 aliphatic rings. The molecule has 0 unspecified atom stereocenters. The standard InChI is InChI=1S/C22H27NO3/c1-16-10-17(2)12-19(11-16)14-23-9-8-22(21(25)26,20(24)15-23)13-18-6-4-3-5-7-18/h3-7,10-12,20,24H,8-9,13-15H2,1-2H3,(H,25,26)/t20-,22+/m0/s1. The van der Waals surface area contributed by atoms with Crippen molar-refractivity contribution in [2.24, 2.45) is 5.41 Å². The highest BCUT2D eigenvalue weighted by Gasteiger charge is 2.48. The Hall–Kier alpha value is -2.17. The van der Waals surface area contributed by atoms with Gasteiger partial charge in [-0.2, -0.15) is 0 Å². The number of aliphatic hydroxyl groups is 1. The van der Waals surface area contributed by atoms with Crippen molar-refractivity contribution in [2.45, 2.75) is 39.3 Å². The molecular weight excluding hydrogens is 326 g/mol. The third-order valence-corrected chi connectivity index (χ3v) is 5.42. The number of carboxylic acids is 1. The van der Waals surface area contributed by atoms with Crippen molar-refractivity contribution < 1.29 is 15.0 Å².